The van der Waals surface area contributed by atoms with Gasteiger partial charge in [0.1, 0.15) is 0 Å². The minimum atomic E-state index is -3.46. The molecule has 0 unspecified atom stereocenters. The second kappa shape index (κ2) is 5.52. The first kappa shape index (κ1) is 14.0. The fourth-order valence-corrected chi connectivity index (χ4v) is 2.02. The molecule has 0 aromatic heterocycles. The average Bonchev–Trinajstić information content (AvgIpc) is 2.33. The van der Waals surface area contributed by atoms with E-state index in [1.807, 2.05) is 0 Å². The zero-order valence-corrected chi connectivity index (χ0v) is 10.6. The van der Waals surface area contributed by atoms with Gasteiger partial charge in [-0.3, -0.25) is 0 Å². The average molecular weight is 269 g/mol. The lowest BCUT2D eigenvalue weighted by Crippen LogP contribution is -2.06. The lowest BCUT2D eigenvalue weighted by Gasteiger charge is -2.06. The first-order valence-corrected chi connectivity index (χ1v) is 6.71. The quantitative estimate of drug-likeness (QED) is 0.358. The van der Waals surface area contributed by atoms with Crippen LogP contribution >= 0.6 is 0 Å². The summed E-state index contributed by atoms with van der Waals surface area (Å²) >= 11 is 0. The fraction of sp³-hybridized carbons (Fsp3) is 0.300. The minimum absolute atomic E-state index is 0.0199. The van der Waals surface area contributed by atoms with Gasteiger partial charge < -0.3 is 4.74 Å². The molecular weight excluding hydrogens is 258 g/mol. The highest BCUT2D eigenvalue weighted by Crippen LogP contribution is 2.17. The van der Waals surface area contributed by atoms with Crippen LogP contribution < -0.4 is 0 Å². The third-order valence-electron chi connectivity index (χ3n) is 2.13. The molecule has 0 aliphatic carbocycles. The van der Waals surface area contributed by atoms with Crippen molar-refractivity contribution >= 4 is 15.8 Å². The van der Waals surface area contributed by atoms with Gasteiger partial charge in [0.15, 0.2) is 9.84 Å². The molecule has 0 bridgehead atoms. The van der Waals surface area contributed by atoms with Gasteiger partial charge in [0.05, 0.1) is 24.1 Å². The van der Waals surface area contributed by atoms with E-state index in [4.69, 9.17) is 5.53 Å². The SMILES string of the molecule is COC(=O)c1cc(CN=[N+]=[N-])cc(S(C)(=O)=O)c1. The van der Waals surface area contributed by atoms with Crippen LogP contribution in [0.4, 0.5) is 0 Å². The summed E-state index contributed by atoms with van der Waals surface area (Å²) < 4.78 is 27.5. The fourth-order valence-electron chi connectivity index (χ4n) is 1.32. The lowest BCUT2D eigenvalue weighted by atomic mass is 10.1. The predicted octanol–water partition coefficient (Wildman–Crippen LogP) is 1.69. The van der Waals surface area contributed by atoms with Crippen LogP contribution in [0, 0.1) is 0 Å². The lowest BCUT2D eigenvalue weighted by molar-refractivity contribution is 0.0600. The van der Waals surface area contributed by atoms with E-state index in [1.165, 1.54) is 25.3 Å². The van der Waals surface area contributed by atoms with E-state index in [2.05, 4.69) is 14.8 Å². The highest BCUT2D eigenvalue weighted by molar-refractivity contribution is 7.90. The molecule has 7 nitrogen and oxygen atoms in total. The van der Waals surface area contributed by atoms with Crippen molar-refractivity contribution in [3.8, 4) is 0 Å². The summed E-state index contributed by atoms with van der Waals surface area (Å²) in [6.07, 6.45) is 1.03. The zero-order valence-electron chi connectivity index (χ0n) is 9.82. The highest BCUT2D eigenvalue weighted by Gasteiger charge is 2.14. The van der Waals surface area contributed by atoms with Gasteiger partial charge in [-0.15, -0.1) is 0 Å². The van der Waals surface area contributed by atoms with Gasteiger partial charge in [-0.2, -0.15) is 0 Å². The van der Waals surface area contributed by atoms with Gasteiger partial charge in [-0.1, -0.05) is 5.11 Å². The van der Waals surface area contributed by atoms with Crippen LogP contribution in [0.15, 0.2) is 28.2 Å². The topological polar surface area (TPSA) is 109 Å². The molecule has 0 aliphatic rings. The number of carbonyl (C=O) groups excluding carboxylic acids is 1. The molecule has 0 heterocycles. The maximum Gasteiger partial charge on any atom is 0.337 e. The third-order valence-corrected chi connectivity index (χ3v) is 3.22. The second-order valence-corrected chi connectivity index (χ2v) is 5.53. The number of sulfone groups is 1. The van der Waals surface area contributed by atoms with Crippen molar-refractivity contribution in [1.29, 1.82) is 0 Å². The van der Waals surface area contributed by atoms with E-state index in [9.17, 15) is 13.2 Å². The van der Waals surface area contributed by atoms with E-state index in [1.54, 1.807) is 0 Å². The van der Waals surface area contributed by atoms with Crippen LogP contribution in [0.3, 0.4) is 0 Å². The van der Waals surface area contributed by atoms with Crippen LogP contribution in [-0.4, -0.2) is 27.8 Å². The molecule has 18 heavy (non-hydrogen) atoms. The van der Waals surface area contributed by atoms with Crippen LogP contribution in [0.25, 0.3) is 10.4 Å². The molecule has 0 amide bonds. The molecule has 1 aromatic carbocycles. The summed E-state index contributed by atoms with van der Waals surface area (Å²) in [7, 11) is -2.26. The monoisotopic (exact) mass is 269 g/mol. The van der Waals surface area contributed by atoms with Gasteiger partial charge in [0.2, 0.25) is 0 Å². The summed E-state index contributed by atoms with van der Waals surface area (Å²) in [6, 6.07) is 4.01. The standard InChI is InChI=1S/C10H11N3O4S/c1-17-10(14)8-3-7(6-12-13-11)4-9(5-8)18(2,15)16/h3-5H,6H2,1-2H3. The largest absolute Gasteiger partial charge is 0.465 e. The molecule has 96 valence electrons. The minimum Gasteiger partial charge on any atom is -0.465 e. The molecule has 0 N–H and O–H groups in total. The second-order valence-electron chi connectivity index (χ2n) is 3.52. The predicted molar refractivity (Wildman–Crippen MR) is 63.7 cm³/mol. The van der Waals surface area contributed by atoms with Gasteiger partial charge in [0.25, 0.3) is 0 Å². The summed E-state index contributed by atoms with van der Waals surface area (Å²) in [5, 5.41) is 3.33. The van der Waals surface area contributed by atoms with Crippen molar-refractivity contribution in [3.05, 3.63) is 39.8 Å². The Hall–Kier alpha value is -2.05. The number of azide groups is 1. The maximum absolute atomic E-state index is 11.5. The molecule has 0 saturated heterocycles. The Kier molecular flexibility index (Phi) is 4.30. The van der Waals surface area contributed by atoms with E-state index in [0.717, 1.165) is 6.26 Å². The van der Waals surface area contributed by atoms with Gasteiger partial charge in [-0.05, 0) is 29.3 Å². The summed E-state index contributed by atoms with van der Waals surface area (Å²) in [4.78, 5) is 14.0. The number of benzene rings is 1. The Morgan fingerprint density at radius 1 is 1.44 bits per heavy atom. The van der Waals surface area contributed by atoms with E-state index in [-0.39, 0.29) is 17.0 Å². The molecule has 0 aliphatic heterocycles. The van der Waals surface area contributed by atoms with E-state index >= 15 is 0 Å². The third kappa shape index (κ3) is 3.47. The van der Waals surface area contributed by atoms with Crippen molar-refractivity contribution in [3.63, 3.8) is 0 Å². The number of rotatable bonds is 4. The van der Waals surface area contributed by atoms with Crippen molar-refractivity contribution < 1.29 is 17.9 Å². The maximum atomic E-state index is 11.5. The molecular formula is C10H11N3O4S. The number of esters is 1. The van der Waals surface area contributed by atoms with Gasteiger partial charge >= 0.3 is 5.97 Å². The van der Waals surface area contributed by atoms with Gasteiger partial charge in [0, 0.05) is 11.2 Å². The summed E-state index contributed by atoms with van der Waals surface area (Å²) in [6.45, 7) is -0.0378. The molecule has 0 atom stereocenters. The number of nitrogens with zero attached hydrogens (tertiary/aromatic N) is 3. The molecule has 0 fully saturated rings. The Bertz CT molecular complexity index is 618. The van der Waals surface area contributed by atoms with Crippen molar-refractivity contribution in [1.82, 2.24) is 0 Å². The summed E-state index contributed by atoms with van der Waals surface area (Å²) in [5.41, 5.74) is 8.76. The summed E-state index contributed by atoms with van der Waals surface area (Å²) in [5.74, 6) is -0.650. The highest BCUT2D eigenvalue weighted by atomic mass is 32.2. The van der Waals surface area contributed by atoms with Crippen LogP contribution in [-0.2, 0) is 21.1 Å². The van der Waals surface area contributed by atoms with Crippen LogP contribution in [0.2, 0.25) is 0 Å². The zero-order chi connectivity index (χ0) is 13.8. The first-order valence-electron chi connectivity index (χ1n) is 4.81. The molecule has 1 rings (SSSR count). The number of hydrogen-bond acceptors (Lipinski definition) is 5. The number of carbonyl (C=O) groups is 1. The Labute approximate surface area is 104 Å². The van der Waals surface area contributed by atoms with Crippen molar-refractivity contribution in [2.45, 2.75) is 11.4 Å². The Morgan fingerprint density at radius 3 is 2.61 bits per heavy atom. The Balaban J connectivity index is 3.37. The van der Waals surface area contributed by atoms with Crippen molar-refractivity contribution in [2.24, 2.45) is 5.11 Å². The molecule has 0 spiro atoms. The molecule has 1 aromatic rings. The molecule has 8 heteroatoms. The number of ether oxygens (including phenoxy) is 1. The van der Waals surface area contributed by atoms with E-state index < -0.39 is 15.8 Å². The van der Waals surface area contributed by atoms with Crippen molar-refractivity contribution in [2.75, 3.05) is 13.4 Å². The normalized spacial score (nSPS) is 10.6. The number of hydrogen-bond donors (Lipinski definition) is 0. The number of methoxy groups -OCH3 is 1. The smallest absolute Gasteiger partial charge is 0.337 e. The Morgan fingerprint density at radius 2 is 2.11 bits per heavy atom. The molecule has 0 saturated carbocycles. The molecule has 0 radical (unpaired) electrons. The first-order chi connectivity index (χ1) is 8.38. The van der Waals surface area contributed by atoms with E-state index in [0.29, 0.717) is 5.56 Å². The van der Waals surface area contributed by atoms with Gasteiger partial charge in [-0.25, -0.2) is 13.2 Å². The van der Waals surface area contributed by atoms with Crippen LogP contribution in [0.5, 0.6) is 0 Å². The van der Waals surface area contributed by atoms with Crippen LogP contribution in [0.1, 0.15) is 15.9 Å².